The molecule has 0 bridgehead atoms. The van der Waals surface area contributed by atoms with Gasteiger partial charge in [-0.05, 0) is 54.6 Å². The molecule has 0 saturated carbocycles. The third-order valence-electron chi connectivity index (χ3n) is 3.59. The van der Waals surface area contributed by atoms with E-state index >= 15 is 0 Å². The number of nitrogens with one attached hydrogen (secondary N) is 1. The summed E-state index contributed by atoms with van der Waals surface area (Å²) in [4.78, 5) is 13.0. The van der Waals surface area contributed by atoms with Crippen LogP contribution in [0.3, 0.4) is 0 Å². The lowest BCUT2D eigenvalue weighted by molar-refractivity contribution is 0.112. The van der Waals surface area contributed by atoms with Crippen LogP contribution in [0.25, 0.3) is 0 Å². The molecule has 0 fully saturated rings. The van der Waals surface area contributed by atoms with Crippen molar-refractivity contribution in [2.75, 3.05) is 13.6 Å². The van der Waals surface area contributed by atoms with Gasteiger partial charge in [0.1, 0.15) is 6.29 Å². The molecule has 7 heteroatoms. The first-order valence-corrected chi connectivity index (χ1v) is 7.69. The molecule has 0 amide bonds. The Kier molecular flexibility index (Phi) is 5.08. The zero-order chi connectivity index (χ0) is 16.9. The molecule has 2 aromatic carbocycles. The van der Waals surface area contributed by atoms with Crippen LogP contribution in [0.2, 0.25) is 0 Å². The number of fused-ring (bicyclic) bond motifs is 2. The minimum Gasteiger partial charge on any atom is -0.454 e. The fraction of sp³-hybridized carbons (Fsp3) is 0.235. The number of hydrogen-bond acceptors (Lipinski definition) is 6. The van der Waals surface area contributed by atoms with E-state index in [-0.39, 0.29) is 12.8 Å². The highest BCUT2D eigenvalue weighted by Crippen LogP contribution is 2.34. The summed E-state index contributed by atoms with van der Waals surface area (Å²) in [5.74, 6) is 2.94. The molecule has 2 aliphatic heterocycles. The van der Waals surface area contributed by atoms with E-state index in [0.717, 1.165) is 23.3 Å². The Morgan fingerprint density at radius 2 is 1.54 bits per heavy atom. The summed E-state index contributed by atoms with van der Waals surface area (Å²) in [7, 11) is 0. The minimum atomic E-state index is 0.108. The van der Waals surface area contributed by atoms with Gasteiger partial charge in [-0.1, -0.05) is 6.07 Å². The Morgan fingerprint density at radius 1 is 0.958 bits per heavy atom. The molecule has 1 atom stereocenters. The van der Waals surface area contributed by atoms with Crippen LogP contribution in [0, 0.1) is 0 Å². The summed E-state index contributed by atoms with van der Waals surface area (Å²) < 4.78 is 20.6. The van der Waals surface area contributed by atoms with E-state index in [1.54, 1.807) is 18.2 Å². The number of aldehydes is 1. The fourth-order valence-corrected chi connectivity index (χ4v) is 2.36. The Labute approximate surface area is 144 Å². The van der Waals surface area contributed by atoms with Crippen molar-refractivity contribution in [1.29, 1.82) is 0 Å². The van der Waals surface area contributed by atoms with Gasteiger partial charge >= 0.3 is 0 Å². The maximum Gasteiger partial charge on any atom is 0.231 e. The molecular formula is C17H16ClNO5. The zero-order valence-corrected chi connectivity index (χ0v) is 13.7. The highest BCUT2D eigenvalue weighted by Gasteiger charge is 2.15. The monoisotopic (exact) mass is 349 g/mol. The van der Waals surface area contributed by atoms with Crippen molar-refractivity contribution >= 4 is 18.1 Å². The van der Waals surface area contributed by atoms with Gasteiger partial charge in [-0.15, -0.1) is 0 Å². The summed E-state index contributed by atoms with van der Waals surface area (Å²) in [5.41, 5.74) is 1.69. The third-order valence-corrected chi connectivity index (χ3v) is 3.92. The highest BCUT2D eigenvalue weighted by atomic mass is 35.5. The van der Waals surface area contributed by atoms with Gasteiger partial charge in [-0.2, -0.15) is 0 Å². The number of halogens is 1. The number of hydrogen-bond donors (Lipinski definition) is 1. The van der Waals surface area contributed by atoms with Gasteiger partial charge in [-0.25, -0.2) is 4.84 Å². The van der Waals surface area contributed by atoms with Gasteiger partial charge < -0.3 is 18.9 Å². The maximum atomic E-state index is 10.3. The van der Waals surface area contributed by atoms with Crippen LogP contribution in [0.4, 0.5) is 0 Å². The lowest BCUT2D eigenvalue weighted by Crippen LogP contribution is -2.05. The molecule has 0 unspecified atom stereocenters. The molecule has 0 radical (unpaired) electrons. The predicted molar refractivity (Wildman–Crippen MR) is 87.9 cm³/mol. The topological polar surface area (TPSA) is 66.0 Å². The molecule has 0 aromatic heterocycles. The second kappa shape index (κ2) is 7.42. The maximum absolute atomic E-state index is 10.3. The van der Waals surface area contributed by atoms with E-state index in [0.29, 0.717) is 23.9 Å². The van der Waals surface area contributed by atoms with E-state index < -0.39 is 0 Å². The lowest BCUT2D eigenvalue weighted by atomic mass is 10.1. The van der Waals surface area contributed by atoms with E-state index in [1.807, 2.05) is 25.1 Å². The quantitative estimate of drug-likeness (QED) is 0.676. The van der Waals surface area contributed by atoms with Crippen LogP contribution in [0.5, 0.6) is 23.0 Å². The average molecular weight is 350 g/mol. The van der Waals surface area contributed by atoms with Crippen molar-refractivity contribution < 1.29 is 23.7 Å². The largest absolute Gasteiger partial charge is 0.454 e. The lowest BCUT2D eigenvalue weighted by Gasteiger charge is -2.08. The van der Waals surface area contributed by atoms with E-state index in [4.69, 9.17) is 30.7 Å². The van der Waals surface area contributed by atoms with Crippen molar-refractivity contribution in [1.82, 2.24) is 4.84 Å². The minimum absolute atomic E-state index is 0.108. The van der Waals surface area contributed by atoms with Gasteiger partial charge in [0.2, 0.25) is 13.6 Å². The molecule has 126 valence electrons. The van der Waals surface area contributed by atoms with Crippen LogP contribution < -0.4 is 23.8 Å². The Balaban J connectivity index is 0.000000143. The van der Waals surface area contributed by atoms with Crippen molar-refractivity contribution in [3.63, 3.8) is 0 Å². The molecule has 4 rings (SSSR count). The molecule has 6 nitrogen and oxygen atoms in total. The Bertz CT molecular complexity index is 737. The Hall–Kier alpha value is -2.44. The molecule has 24 heavy (non-hydrogen) atoms. The van der Waals surface area contributed by atoms with E-state index in [1.165, 1.54) is 0 Å². The standard InChI is InChI=1S/C9H10ClNO2.C8H6O3/c1-6(11-10)7-2-3-8-9(4-7)13-5-12-8;9-4-6-1-2-7-8(3-6)11-5-10-7/h2-4,6,11H,5H2,1H3;1-4H,5H2/t6-;/m0./s1. The normalized spacial score (nSPS) is 14.6. The molecule has 2 aliphatic rings. The van der Waals surface area contributed by atoms with Gasteiger partial charge in [0.05, 0.1) is 0 Å². The molecule has 1 N–H and O–H groups in total. The van der Waals surface area contributed by atoms with Crippen LogP contribution >= 0.6 is 11.8 Å². The first kappa shape index (κ1) is 16.4. The van der Waals surface area contributed by atoms with Crippen LogP contribution in [-0.4, -0.2) is 19.9 Å². The zero-order valence-electron chi connectivity index (χ0n) is 13.0. The van der Waals surface area contributed by atoms with Crippen LogP contribution in [0.15, 0.2) is 36.4 Å². The van der Waals surface area contributed by atoms with Gasteiger partial charge in [0, 0.05) is 11.6 Å². The molecule has 0 aliphatic carbocycles. The van der Waals surface area contributed by atoms with E-state index in [2.05, 4.69) is 4.84 Å². The number of ether oxygens (including phenoxy) is 4. The number of benzene rings is 2. The second-order valence-electron chi connectivity index (χ2n) is 5.17. The second-order valence-corrected chi connectivity index (χ2v) is 5.39. The van der Waals surface area contributed by atoms with Crippen molar-refractivity contribution in [3.05, 3.63) is 47.5 Å². The number of rotatable bonds is 3. The summed E-state index contributed by atoms with van der Waals surface area (Å²) in [5, 5.41) is 0. The van der Waals surface area contributed by atoms with Gasteiger partial charge in [0.15, 0.2) is 23.0 Å². The van der Waals surface area contributed by atoms with Crippen molar-refractivity contribution in [3.8, 4) is 23.0 Å². The first-order chi connectivity index (χ1) is 11.7. The van der Waals surface area contributed by atoms with Crippen molar-refractivity contribution in [2.45, 2.75) is 13.0 Å². The molecular weight excluding hydrogens is 334 g/mol. The van der Waals surface area contributed by atoms with Gasteiger partial charge in [-0.3, -0.25) is 4.79 Å². The van der Waals surface area contributed by atoms with Gasteiger partial charge in [0.25, 0.3) is 0 Å². The molecule has 2 aromatic rings. The molecule has 0 spiro atoms. The van der Waals surface area contributed by atoms with E-state index in [9.17, 15) is 4.79 Å². The number of carbonyl (C=O) groups is 1. The molecule has 2 heterocycles. The van der Waals surface area contributed by atoms with Crippen LogP contribution in [0.1, 0.15) is 28.9 Å². The summed E-state index contributed by atoms with van der Waals surface area (Å²) >= 11 is 5.52. The van der Waals surface area contributed by atoms with Crippen LogP contribution in [-0.2, 0) is 0 Å². The predicted octanol–water partition coefficient (Wildman–Crippen LogP) is 3.45. The Morgan fingerprint density at radius 3 is 2.17 bits per heavy atom. The number of carbonyl (C=O) groups excluding carboxylic acids is 1. The highest BCUT2D eigenvalue weighted by molar-refractivity contribution is 6.13. The summed E-state index contributed by atoms with van der Waals surface area (Å²) in [6.45, 7) is 2.53. The SMILES string of the molecule is C[C@H](NCl)c1ccc2c(c1)OCO2.O=Cc1ccc2c(c1)OCO2. The summed E-state index contributed by atoms with van der Waals surface area (Å²) in [6, 6.07) is 11.0. The third kappa shape index (κ3) is 3.55. The average Bonchev–Trinajstić information content (AvgIpc) is 3.28. The summed E-state index contributed by atoms with van der Waals surface area (Å²) in [6.07, 6.45) is 0.780. The smallest absolute Gasteiger partial charge is 0.231 e. The van der Waals surface area contributed by atoms with Crippen molar-refractivity contribution in [2.24, 2.45) is 0 Å². The fourth-order valence-electron chi connectivity index (χ4n) is 2.23. The first-order valence-electron chi connectivity index (χ1n) is 7.32. The molecule has 0 saturated heterocycles.